The number of nitrogens with zero attached hydrogens (tertiary/aromatic N) is 2. The molecule has 0 aliphatic carbocycles. The molecular weight excluding hydrogens is 266 g/mol. The van der Waals surface area contributed by atoms with Gasteiger partial charge in [0.1, 0.15) is 18.2 Å². The highest BCUT2D eigenvalue weighted by Gasteiger charge is 2.13. The Kier molecular flexibility index (Phi) is 4.75. The molecule has 0 aliphatic heterocycles. The molecule has 0 saturated carbocycles. The number of methoxy groups -OCH3 is 1. The summed E-state index contributed by atoms with van der Waals surface area (Å²) in [4.78, 5) is 8.74. The summed E-state index contributed by atoms with van der Waals surface area (Å²) in [6, 6.07) is 5.84. The molecule has 2 rings (SSSR count). The van der Waals surface area contributed by atoms with Crippen molar-refractivity contribution in [1.29, 1.82) is 0 Å². The van der Waals surface area contributed by atoms with Crippen LogP contribution in [-0.2, 0) is 11.3 Å². The molecule has 0 radical (unpaired) electrons. The van der Waals surface area contributed by atoms with Gasteiger partial charge in [0.15, 0.2) is 5.82 Å². The van der Waals surface area contributed by atoms with E-state index >= 15 is 0 Å². The lowest BCUT2D eigenvalue weighted by atomic mass is 10.0. The van der Waals surface area contributed by atoms with Gasteiger partial charge in [0.25, 0.3) is 0 Å². The number of aromatic nitrogens is 2. The number of nitrogen functional groups attached to an aromatic ring is 1. The largest absolute Gasteiger partial charge is 0.496 e. The molecule has 5 heteroatoms. The molecule has 112 valence electrons. The van der Waals surface area contributed by atoms with Gasteiger partial charge in [0.05, 0.1) is 12.8 Å². The smallest absolute Gasteiger partial charge is 0.157 e. The third-order valence-corrected chi connectivity index (χ3v) is 3.15. The summed E-state index contributed by atoms with van der Waals surface area (Å²) in [6.45, 7) is 6.96. The summed E-state index contributed by atoms with van der Waals surface area (Å²) in [6.07, 6.45) is 0. The van der Waals surface area contributed by atoms with Gasteiger partial charge in [-0.2, -0.15) is 0 Å². The molecule has 0 fully saturated rings. The Morgan fingerprint density at radius 3 is 2.57 bits per heavy atom. The lowest BCUT2D eigenvalue weighted by molar-refractivity contribution is 0.128. The third-order valence-electron chi connectivity index (χ3n) is 3.15. The number of ether oxygens (including phenoxy) is 2. The first-order valence-electron chi connectivity index (χ1n) is 6.92. The van der Waals surface area contributed by atoms with Crippen LogP contribution in [0, 0.1) is 13.8 Å². The predicted octanol–water partition coefficient (Wildman–Crippen LogP) is 2.89. The van der Waals surface area contributed by atoms with Crippen molar-refractivity contribution < 1.29 is 9.47 Å². The quantitative estimate of drug-likeness (QED) is 0.915. The summed E-state index contributed by atoms with van der Waals surface area (Å²) in [7, 11) is 1.66. The highest BCUT2D eigenvalue weighted by Crippen LogP contribution is 2.33. The van der Waals surface area contributed by atoms with Crippen LogP contribution in [0.25, 0.3) is 11.3 Å². The summed E-state index contributed by atoms with van der Waals surface area (Å²) in [5.74, 6) is 1.79. The van der Waals surface area contributed by atoms with Crippen LogP contribution in [-0.4, -0.2) is 23.7 Å². The van der Waals surface area contributed by atoms with Crippen LogP contribution in [0.15, 0.2) is 18.2 Å². The first-order chi connectivity index (χ1) is 10.0. The second kappa shape index (κ2) is 6.54. The summed E-state index contributed by atoms with van der Waals surface area (Å²) in [5.41, 5.74) is 9.82. The van der Waals surface area contributed by atoms with Gasteiger partial charge in [-0.15, -0.1) is 0 Å². The van der Waals surface area contributed by atoms with Crippen molar-refractivity contribution in [3.8, 4) is 17.0 Å². The van der Waals surface area contributed by atoms with E-state index in [1.165, 1.54) is 0 Å². The lowest BCUT2D eigenvalue weighted by Crippen LogP contribution is -2.04. The average molecular weight is 287 g/mol. The minimum absolute atomic E-state index is 0.349. The molecule has 2 aromatic rings. The van der Waals surface area contributed by atoms with Crippen LogP contribution in [0.2, 0.25) is 0 Å². The van der Waals surface area contributed by atoms with Gasteiger partial charge >= 0.3 is 0 Å². The molecule has 5 nitrogen and oxygen atoms in total. The van der Waals surface area contributed by atoms with Crippen LogP contribution in [0.5, 0.6) is 5.75 Å². The van der Waals surface area contributed by atoms with Gasteiger partial charge < -0.3 is 15.2 Å². The van der Waals surface area contributed by atoms with Crippen LogP contribution in [0.1, 0.15) is 23.9 Å². The summed E-state index contributed by atoms with van der Waals surface area (Å²) in [5, 5.41) is 0. The maximum absolute atomic E-state index is 5.89. The lowest BCUT2D eigenvalue weighted by Gasteiger charge is -2.14. The number of rotatable bonds is 5. The first-order valence-corrected chi connectivity index (χ1v) is 6.92. The van der Waals surface area contributed by atoms with E-state index in [2.05, 4.69) is 16.0 Å². The van der Waals surface area contributed by atoms with Crippen molar-refractivity contribution in [3.63, 3.8) is 0 Å². The van der Waals surface area contributed by atoms with E-state index in [-0.39, 0.29) is 0 Å². The number of hydrogen-bond acceptors (Lipinski definition) is 5. The average Bonchev–Trinajstić information content (AvgIpc) is 2.43. The topological polar surface area (TPSA) is 70.3 Å². The van der Waals surface area contributed by atoms with Crippen molar-refractivity contribution in [2.24, 2.45) is 0 Å². The van der Waals surface area contributed by atoms with Crippen molar-refractivity contribution in [3.05, 3.63) is 35.2 Å². The van der Waals surface area contributed by atoms with Crippen LogP contribution < -0.4 is 10.5 Å². The molecule has 0 aliphatic rings. The van der Waals surface area contributed by atoms with Crippen molar-refractivity contribution in [2.45, 2.75) is 27.4 Å². The molecule has 1 heterocycles. The third kappa shape index (κ3) is 3.49. The van der Waals surface area contributed by atoms with Gasteiger partial charge in [-0.25, -0.2) is 9.97 Å². The highest BCUT2D eigenvalue weighted by atomic mass is 16.5. The zero-order valence-corrected chi connectivity index (χ0v) is 12.9. The molecule has 1 aromatic carbocycles. The van der Waals surface area contributed by atoms with Gasteiger partial charge in [-0.05, 0) is 38.0 Å². The molecule has 0 atom stereocenters. The van der Waals surface area contributed by atoms with Gasteiger partial charge in [-0.1, -0.05) is 6.07 Å². The van der Waals surface area contributed by atoms with E-state index in [0.717, 1.165) is 28.1 Å². The Morgan fingerprint density at radius 1 is 1.14 bits per heavy atom. The Morgan fingerprint density at radius 2 is 1.90 bits per heavy atom. The molecule has 21 heavy (non-hydrogen) atoms. The molecular formula is C16H21N3O2. The normalized spacial score (nSPS) is 10.7. The minimum Gasteiger partial charge on any atom is -0.496 e. The van der Waals surface area contributed by atoms with Crippen LogP contribution in [0.3, 0.4) is 0 Å². The summed E-state index contributed by atoms with van der Waals surface area (Å²) >= 11 is 0. The summed E-state index contributed by atoms with van der Waals surface area (Å²) < 4.78 is 10.8. The van der Waals surface area contributed by atoms with E-state index in [9.17, 15) is 0 Å². The number of nitrogens with two attached hydrogens (primary N) is 1. The number of anilines is 1. The first kappa shape index (κ1) is 15.3. The zero-order chi connectivity index (χ0) is 15.4. The predicted molar refractivity (Wildman–Crippen MR) is 83.2 cm³/mol. The van der Waals surface area contributed by atoms with E-state index in [4.69, 9.17) is 15.2 Å². The molecule has 0 amide bonds. The van der Waals surface area contributed by atoms with E-state index in [0.29, 0.717) is 24.9 Å². The molecule has 0 spiro atoms. The molecule has 0 saturated heterocycles. The van der Waals surface area contributed by atoms with Crippen molar-refractivity contribution in [1.82, 2.24) is 9.97 Å². The zero-order valence-electron chi connectivity index (χ0n) is 12.9. The highest BCUT2D eigenvalue weighted by molar-refractivity contribution is 5.73. The number of hydrogen-bond donors (Lipinski definition) is 1. The SMILES string of the molecule is CCOCc1nc(N)cc(-c2c(C)cc(C)cc2OC)n1. The fraction of sp³-hybridized carbons (Fsp3) is 0.375. The maximum atomic E-state index is 5.89. The van der Waals surface area contributed by atoms with Gasteiger partial charge in [-0.3, -0.25) is 0 Å². The monoisotopic (exact) mass is 287 g/mol. The van der Waals surface area contributed by atoms with Crippen molar-refractivity contribution >= 4 is 5.82 Å². The van der Waals surface area contributed by atoms with E-state index in [1.807, 2.05) is 26.8 Å². The Hall–Kier alpha value is -2.14. The van der Waals surface area contributed by atoms with E-state index in [1.54, 1.807) is 13.2 Å². The van der Waals surface area contributed by atoms with Gasteiger partial charge in [0.2, 0.25) is 0 Å². The second-order valence-electron chi connectivity index (χ2n) is 4.89. The second-order valence-corrected chi connectivity index (χ2v) is 4.89. The van der Waals surface area contributed by atoms with E-state index < -0.39 is 0 Å². The Labute approximate surface area is 125 Å². The van der Waals surface area contributed by atoms with Crippen LogP contribution in [0.4, 0.5) is 5.82 Å². The Balaban J connectivity index is 2.53. The minimum atomic E-state index is 0.349. The maximum Gasteiger partial charge on any atom is 0.157 e. The molecule has 2 N–H and O–H groups in total. The fourth-order valence-corrected chi connectivity index (χ4v) is 2.32. The van der Waals surface area contributed by atoms with Gasteiger partial charge in [0, 0.05) is 18.2 Å². The standard InChI is InChI=1S/C16H21N3O2/c1-5-21-9-15-18-12(8-14(17)19-15)16-11(3)6-10(2)7-13(16)20-4/h6-8H,5,9H2,1-4H3,(H2,17,18,19). The fourth-order valence-electron chi connectivity index (χ4n) is 2.32. The number of aryl methyl sites for hydroxylation is 2. The Bertz CT molecular complexity index is 642. The molecule has 0 unspecified atom stereocenters. The van der Waals surface area contributed by atoms with Crippen LogP contribution >= 0.6 is 0 Å². The molecule has 1 aromatic heterocycles. The number of benzene rings is 1. The van der Waals surface area contributed by atoms with Crippen molar-refractivity contribution in [2.75, 3.05) is 19.5 Å². The molecule has 0 bridgehead atoms.